The Morgan fingerprint density at radius 2 is 2.09 bits per heavy atom. The molecule has 1 atom stereocenters. The Morgan fingerprint density at radius 3 is 2.76 bits per heavy atom. The molecule has 9 nitrogen and oxygen atoms in total. The summed E-state index contributed by atoms with van der Waals surface area (Å²) in [6, 6.07) is 7.35. The van der Waals surface area contributed by atoms with E-state index in [0.29, 0.717) is 11.5 Å². The summed E-state index contributed by atoms with van der Waals surface area (Å²) in [6.45, 7) is 1.66. The maximum absolute atomic E-state index is 14.8. The number of hydrogen-bond donors (Lipinski definition) is 2. The van der Waals surface area contributed by atoms with Gasteiger partial charge < -0.3 is 11.1 Å². The summed E-state index contributed by atoms with van der Waals surface area (Å²) in [5.74, 6) is 0.308. The molecule has 0 unspecified atom stereocenters. The number of rotatable bonds is 5. The monoisotopic (exact) mass is 476 g/mol. The van der Waals surface area contributed by atoms with E-state index in [4.69, 9.17) is 17.3 Å². The second-order valence-corrected chi connectivity index (χ2v) is 8.43. The van der Waals surface area contributed by atoms with E-state index in [1.165, 1.54) is 22.9 Å². The Balaban J connectivity index is 1.79. The Morgan fingerprint density at radius 1 is 1.29 bits per heavy atom. The van der Waals surface area contributed by atoms with Gasteiger partial charge in [0.25, 0.3) is 5.56 Å². The van der Waals surface area contributed by atoms with E-state index >= 15 is 0 Å². The molecule has 3 heterocycles. The number of aryl methyl sites for hydroxylation is 1. The fraction of sp³-hybridized carbons (Fsp3) is 0.217. The lowest BCUT2D eigenvalue weighted by atomic mass is 10.1. The van der Waals surface area contributed by atoms with Gasteiger partial charge in [0, 0.05) is 6.20 Å². The van der Waals surface area contributed by atoms with Crippen LogP contribution >= 0.6 is 11.6 Å². The molecule has 5 rings (SSSR count). The molecule has 4 aromatic rings. The van der Waals surface area contributed by atoms with Crippen LogP contribution in [0, 0.1) is 30.0 Å². The van der Waals surface area contributed by atoms with E-state index in [9.17, 15) is 14.4 Å². The lowest BCUT2D eigenvalue weighted by Gasteiger charge is -2.24. The quantitative estimate of drug-likeness (QED) is 0.445. The number of nitrogens with zero attached hydrogens (tertiary/aromatic N) is 6. The Bertz CT molecular complexity index is 1530. The van der Waals surface area contributed by atoms with Gasteiger partial charge in [-0.15, -0.1) is 0 Å². The third kappa shape index (κ3) is 3.70. The van der Waals surface area contributed by atoms with Crippen LogP contribution in [0.4, 0.5) is 16.0 Å². The van der Waals surface area contributed by atoms with Crippen molar-refractivity contribution in [2.45, 2.75) is 25.8 Å². The molecule has 170 valence electrons. The molecule has 34 heavy (non-hydrogen) atoms. The fourth-order valence-corrected chi connectivity index (χ4v) is 4.19. The first-order chi connectivity index (χ1) is 16.4. The average molecular weight is 477 g/mol. The molecule has 0 bridgehead atoms. The lowest BCUT2D eigenvalue weighted by molar-refractivity contribution is 0.599. The summed E-state index contributed by atoms with van der Waals surface area (Å²) in [5.41, 5.74) is 5.82. The number of fused-ring (bicyclic) bond motifs is 1. The van der Waals surface area contributed by atoms with Gasteiger partial charge in [-0.3, -0.25) is 14.3 Å². The SMILES string of the molecule is Cc1nc(N)c(C#N)c(N[C@@H](c2nc3c(F)ccc(Cl)c3c(=O)n2-c2cccnc2)C2CC2)n1. The molecule has 1 fully saturated rings. The average Bonchev–Trinajstić information content (AvgIpc) is 3.65. The summed E-state index contributed by atoms with van der Waals surface area (Å²) < 4.78 is 16.2. The van der Waals surface area contributed by atoms with Crippen LogP contribution in [0.15, 0.2) is 41.5 Å². The predicted molar refractivity (Wildman–Crippen MR) is 125 cm³/mol. The van der Waals surface area contributed by atoms with Crippen LogP contribution in [0.2, 0.25) is 5.02 Å². The van der Waals surface area contributed by atoms with Gasteiger partial charge in [-0.2, -0.15) is 5.26 Å². The van der Waals surface area contributed by atoms with Crippen LogP contribution in [0.3, 0.4) is 0 Å². The van der Waals surface area contributed by atoms with E-state index < -0.39 is 17.4 Å². The van der Waals surface area contributed by atoms with Gasteiger partial charge in [0.2, 0.25) is 0 Å². The number of nitriles is 1. The molecule has 0 spiro atoms. The molecular formula is C23H18ClFN8O. The molecule has 0 aliphatic heterocycles. The number of anilines is 2. The molecule has 1 aromatic carbocycles. The van der Waals surface area contributed by atoms with Gasteiger partial charge in [0.1, 0.15) is 40.4 Å². The molecule has 1 saturated carbocycles. The minimum Gasteiger partial charge on any atom is -0.382 e. The van der Waals surface area contributed by atoms with E-state index in [1.807, 2.05) is 6.07 Å². The first-order valence-electron chi connectivity index (χ1n) is 10.5. The van der Waals surface area contributed by atoms with Crippen molar-refractivity contribution in [3.8, 4) is 11.8 Å². The number of benzene rings is 1. The van der Waals surface area contributed by atoms with Crippen molar-refractivity contribution in [2.24, 2.45) is 5.92 Å². The maximum Gasteiger partial charge on any atom is 0.267 e. The summed E-state index contributed by atoms with van der Waals surface area (Å²) in [5, 5.41) is 12.9. The number of aromatic nitrogens is 5. The fourth-order valence-electron chi connectivity index (χ4n) is 3.96. The zero-order valence-corrected chi connectivity index (χ0v) is 18.7. The normalized spacial score (nSPS) is 14.1. The highest BCUT2D eigenvalue weighted by Crippen LogP contribution is 2.43. The third-order valence-corrected chi connectivity index (χ3v) is 5.99. The van der Waals surface area contributed by atoms with Crippen molar-refractivity contribution in [2.75, 3.05) is 11.1 Å². The molecule has 3 aromatic heterocycles. The number of pyridine rings is 1. The zero-order valence-electron chi connectivity index (χ0n) is 18.0. The van der Waals surface area contributed by atoms with Gasteiger partial charge in [-0.25, -0.2) is 19.3 Å². The van der Waals surface area contributed by atoms with Crippen molar-refractivity contribution in [1.29, 1.82) is 5.26 Å². The van der Waals surface area contributed by atoms with Crippen LogP contribution < -0.4 is 16.6 Å². The smallest absolute Gasteiger partial charge is 0.267 e. The summed E-state index contributed by atoms with van der Waals surface area (Å²) in [4.78, 5) is 30.8. The van der Waals surface area contributed by atoms with Gasteiger partial charge in [0.05, 0.1) is 28.3 Å². The topological polar surface area (TPSA) is 135 Å². The van der Waals surface area contributed by atoms with E-state index in [1.54, 1.807) is 25.3 Å². The molecule has 3 N–H and O–H groups in total. The maximum atomic E-state index is 14.8. The van der Waals surface area contributed by atoms with Crippen molar-refractivity contribution in [3.05, 3.63) is 75.1 Å². The van der Waals surface area contributed by atoms with Crippen molar-refractivity contribution < 1.29 is 4.39 Å². The van der Waals surface area contributed by atoms with Gasteiger partial charge >= 0.3 is 0 Å². The summed E-state index contributed by atoms with van der Waals surface area (Å²) in [6.07, 6.45) is 4.79. The van der Waals surface area contributed by atoms with Gasteiger partial charge in [-0.05, 0) is 49.9 Å². The molecule has 0 saturated heterocycles. The second kappa shape index (κ2) is 8.35. The summed E-state index contributed by atoms with van der Waals surface area (Å²) >= 11 is 6.29. The standard InChI is InChI=1S/C23H18ClFN8O/c1-11-29-20(27)14(9-26)21(30-11)31-18(12-4-5-12)22-32-19-16(25)7-6-15(24)17(19)23(34)33(22)13-3-2-8-28-10-13/h2-3,6-8,10,12,18H,4-5H2,1H3,(H3,27,29,30,31)/t18-/m1/s1. The highest BCUT2D eigenvalue weighted by atomic mass is 35.5. The predicted octanol–water partition coefficient (Wildman–Crippen LogP) is 3.69. The largest absolute Gasteiger partial charge is 0.382 e. The van der Waals surface area contributed by atoms with Gasteiger partial charge in [0.15, 0.2) is 5.82 Å². The van der Waals surface area contributed by atoms with E-state index in [2.05, 4.69) is 25.3 Å². The molecule has 11 heteroatoms. The first kappa shape index (κ1) is 21.7. The molecule has 0 radical (unpaired) electrons. The molecular weight excluding hydrogens is 459 g/mol. The van der Waals surface area contributed by atoms with E-state index in [0.717, 1.165) is 12.8 Å². The molecule has 0 amide bonds. The van der Waals surface area contributed by atoms with Crippen LogP contribution in [-0.2, 0) is 0 Å². The molecule has 1 aliphatic rings. The highest BCUT2D eigenvalue weighted by molar-refractivity contribution is 6.35. The van der Waals surface area contributed by atoms with Crippen molar-refractivity contribution >= 4 is 34.1 Å². The minimum absolute atomic E-state index is 0.0244. The second-order valence-electron chi connectivity index (χ2n) is 8.03. The zero-order chi connectivity index (χ0) is 24.0. The van der Waals surface area contributed by atoms with E-state index in [-0.39, 0.29) is 44.9 Å². The number of nitrogen functional groups attached to an aromatic ring is 1. The Hall–Kier alpha value is -4.10. The number of nitrogens with two attached hydrogens (primary N) is 1. The Labute approximate surface area is 198 Å². The van der Waals surface area contributed by atoms with Gasteiger partial charge in [-0.1, -0.05) is 11.6 Å². The number of halogens is 2. The molecule has 1 aliphatic carbocycles. The number of nitrogens with one attached hydrogen (secondary N) is 1. The number of hydrogen-bond acceptors (Lipinski definition) is 8. The van der Waals surface area contributed by atoms with Crippen LogP contribution in [0.25, 0.3) is 16.6 Å². The third-order valence-electron chi connectivity index (χ3n) is 5.68. The van der Waals surface area contributed by atoms with Crippen molar-refractivity contribution in [3.63, 3.8) is 0 Å². The minimum atomic E-state index is -0.662. The van der Waals surface area contributed by atoms with Crippen molar-refractivity contribution in [1.82, 2.24) is 24.5 Å². The van der Waals surface area contributed by atoms with Crippen LogP contribution in [0.5, 0.6) is 0 Å². The highest BCUT2D eigenvalue weighted by Gasteiger charge is 2.37. The van der Waals surface area contributed by atoms with Crippen LogP contribution in [-0.4, -0.2) is 24.5 Å². The first-order valence-corrected chi connectivity index (χ1v) is 10.9. The lowest BCUT2D eigenvalue weighted by Crippen LogP contribution is -2.30. The Kier molecular flexibility index (Phi) is 5.34. The summed E-state index contributed by atoms with van der Waals surface area (Å²) in [7, 11) is 0. The van der Waals surface area contributed by atoms with Crippen LogP contribution in [0.1, 0.15) is 36.1 Å².